The summed E-state index contributed by atoms with van der Waals surface area (Å²) in [6.07, 6.45) is 7.06. The number of piperidine rings is 1. The molecular formula is C15H16N4O2. The molecule has 1 aliphatic heterocycles. The van der Waals surface area contributed by atoms with Crippen molar-refractivity contribution in [2.45, 2.75) is 18.9 Å². The van der Waals surface area contributed by atoms with Gasteiger partial charge in [0.1, 0.15) is 5.69 Å². The lowest BCUT2D eigenvalue weighted by Crippen LogP contribution is -2.39. The molecule has 108 valence electrons. The Hall–Kier alpha value is -2.57. The van der Waals surface area contributed by atoms with E-state index in [1.165, 1.54) is 6.07 Å². The van der Waals surface area contributed by atoms with Gasteiger partial charge >= 0.3 is 0 Å². The van der Waals surface area contributed by atoms with Gasteiger partial charge in [0.2, 0.25) is 0 Å². The van der Waals surface area contributed by atoms with Crippen molar-refractivity contribution in [2.24, 2.45) is 0 Å². The Balaban J connectivity index is 2.06. The number of terminal acetylenes is 1. The number of nitrogens with zero attached hydrogens (tertiary/aromatic N) is 3. The van der Waals surface area contributed by atoms with Crippen LogP contribution in [0.1, 0.15) is 18.4 Å². The third kappa shape index (κ3) is 3.71. The molecule has 2 rings (SSSR count). The molecule has 0 radical (unpaired) electrons. The number of likely N-dealkylation sites (tertiary alicyclic amines) is 1. The van der Waals surface area contributed by atoms with Crippen molar-refractivity contribution >= 4 is 11.4 Å². The molecule has 6 heteroatoms. The molecule has 0 saturated carbocycles. The van der Waals surface area contributed by atoms with Crippen LogP contribution in [0.15, 0.2) is 18.2 Å². The Kier molecular flexibility index (Phi) is 4.76. The highest BCUT2D eigenvalue weighted by molar-refractivity contribution is 5.64. The molecule has 1 saturated heterocycles. The number of benzene rings is 1. The number of anilines is 1. The van der Waals surface area contributed by atoms with Crippen LogP contribution in [0.4, 0.5) is 11.4 Å². The molecule has 0 amide bonds. The largest absolute Gasteiger partial charge is 0.377 e. The van der Waals surface area contributed by atoms with Crippen molar-refractivity contribution in [3.05, 3.63) is 33.9 Å². The highest BCUT2D eigenvalue weighted by Crippen LogP contribution is 2.27. The van der Waals surface area contributed by atoms with E-state index in [1.54, 1.807) is 12.1 Å². The molecule has 21 heavy (non-hydrogen) atoms. The minimum atomic E-state index is -0.462. The number of nitro groups is 1. The minimum Gasteiger partial charge on any atom is -0.377 e. The van der Waals surface area contributed by atoms with E-state index in [9.17, 15) is 10.1 Å². The first-order valence-corrected chi connectivity index (χ1v) is 6.75. The molecule has 0 unspecified atom stereocenters. The fraction of sp³-hybridized carbons (Fsp3) is 0.400. The van der Waals surface area contributed by atoms with Crippen molar-refractivity contribution in [1.29, 1.82) is 5.26 Å². The second-order valence-corrected chi connectivity index (χ2v) is 5.00. The second kappa shape index (κ2) is 6.74. The van der Waals surface area contributed by atoms with Gasteiger partial charge in [-0.2, -0.15) is 5.26 Å². The summed E-state index contributed by atoms with van der Waals surface area (Å²) in [5.74, 6) is 2.62. The molecule has 0 aromatic heterocycles. The number of rotatable bonds is 4. The normalized spacial score (nSPS) is 15.9. The minimum absolute atomic E-state index is 0.0555. The van der Waals surface area contributed by atoms with Gasteiger partial charge in [-0.25, -0.2) is 0 Å². The Morgan fingerprint density at radius 2 is 2.19 bits per heavy atom. The first kappa shape index (κ1) is 14.8. The van der Waals surface area contributed by atoms with Crippen molar-refractivity contribution in [3.8, 4) is 18.4 Å². The van der Waals surface area contributed by atoms with Gasteiger partial charge in [-0.1, -0.05) is 5.92 Å². The molecule has 0 aliphatic carbocycles. The topological polar surface area (TPSA) is 82.2 Å². The van der Waals surface area contributed by atoms with Crippen molar-refractivity contribution in [2.75, 3.05) is 25.0 Å². The molecule has 1 heterocycles. The standard InChI is InChI=1S/C15H16N4O2/c1-2-7-18-8-5-13(6-9-18)17-14-4-3-12(11-16)10-15(14)19(20)21/h1,3-4,10,13,17H,5-9H2. The Morgan fingerprint density at radius 3 is 2.76 bits per heavy atom. The SMILES string of the molecule is C#CCN1CCC(Nc2ccc(C#N)cc2[N+](=O)[O-])CC1. The average molecular weight is 284 g/mol. The summed E-state index contributed by atoms with van der Waals surface area (Å²) in [5, 5.41) is 23.1. The molecular weight excluding hydrogens is 268 g/mol. The zero-order valence-electron chi connectivity index (χ0n) is 11.6. The second-order valence-electron chi connectivity index (χ2n) is 5.00. The zero-order valence-corrected chi connectivity index (χ0v) is 11.6. The summed E-state index contributed by atoms with van der Waals surface area (Å²) < 4.78 is 0. The van der Waals surface area contributed by atoms with E-state index in [4.69, 9.17) is 11.7 Å². The summed E-state index contributed by atoms with van der Waals surface area (Å²) in [6.45, 7) is 2.40. The summed E-state index contributed by atoms with van der Waals surface area (Å²) in [4.78, 5) is 12.8. The van der Waals surface area contributed by atoms with Crippen molar-refractivity contribution in [3.63, 3.8) is 0 Å². The van der Waals surface area contributed by atoms with Gasteiger partial charge in [0.15, 0.2) is 0 Å². The Labute approximate surface area is 123 Å². The fourth-order valence-corrected chi connectivity index (χ4v) is 2.46. The highest BCUT2D eigenvalue weighted by Gasteiger charge is 2.22. The maximum Gasteiger partial charge on any atom is 0.293 e. The lowest BCUT2D eigenvalue weighted by molar-refractivity contribution is -0.384. The average Bonchev–Trinajstić information content (AvgIpc) is 2.49. The number of nitro benzene ring substituents is 1. The van der Waals surface area contributed by atoms with Crippen LogP contribution in [0.2, 0.25) is 0 Å². The van der Waals surface area contributed by atoms with Gasteiger partial charge in [0.05, 0.1) is 23.1 Å². The first-order chi connectivity index (χ1) is 10.1. The molecule has 0 bridgehead atoms. The van der Waals surface area contributed by atoms with Gasteiger partial charge < -0.3 is 5.32 Å². The monoisotopic (exact) mass is 284 g/mol. The van der Waals surface area contributed by atoms with Gasteiger partial charge in [-0.05, 0) is 25.0 Å². The van der Waals surface area contributed by atoms with E-state index in [-0.39, 0.29) is 17.3 Å². The number of nitriles is 1. The van der Waals surface area contributed by atoms with Crippen LogP contribution >= 0.6 is 0 Å². The van der Waals surface area contributed by atoms with Crippen LogP contribution in [0.5, 0.6) is 0 Å². The number of hydrogen-bond donors (Lipinski definition) is 1. The third-order valence-electron chi connectivity index (χ3n) is 3.59. The predicted molar refractivity (Wildman–Crippen MR) is 79.7 cm³/mol. The molecule has 1 aromatic rings. The molecule has 6 nitrogen and oxygen atoms in total. The number of nitrogens with one attached hydrogen (secondary N) is 1. The van der Waals surface area contributed by atoms with E-state index in [0.717, 1.165) is 25.9 Å². The number of hydrogen-bond acceptors (Lipinski definition) is 5. The molecule has 1 N–H and O–H groups in total. The van der Waals surface area contributed by atoms with Crippen LogP contribution in [0.3, 0.4) is 0 Å². The van der Waals surface area contributed by atoms with E-state index < -0.39 is 4.92 Å². The summed E-state index contributed by atoms with van der Waals surface area (Å²) in [6, 6.07) is 6.59. The van der Waals surface area contributed by atoms with Crippen LogP contribution in [-0.4, -0.2) is 35.5 Å². The quantitative estimate of drug-likeness (QED) is 0.519. The van der Waals surface area contributed by atoms with Crippen LogP contribution in [0, 0.1) is 33.8 Å². The molecule has 1 aliphatic rings. The van der Waals surface area contributed by atoms with Gasteiger partial charge in [-0.3, -0.25) is 15.0 Å². The molecule has 1 aromatic carbocycles. The smallest absolute Gasteiger partial charge is 0.293 e. The van der Waals surface area contributed by atoms with Crippen LogP contribution in [0.25, 0.3) is 0 Å². The van der Waals surface area contributed by atoms with Crippen molar-refractivity contribution < 1.29 is 4.92 Å². The molecule has 0 atom stereocenters. The fourth-order valence-electron chi connectivity index (χ4n) is 2.46. The first-order valence-electron chi connectivity index (χ1n) is 6.75. The lowest BCUT2D eigenvalue weighted by Gasteiger charge is -2.31. The van der Waals surface area contributed by atoms with E-state index in [1.807, 2.05) is 6.07 Å². The highest BCUT2D eigenvalue weighted by atomic mass is 16.6. The maximum atomic E-state index is 11.1. The maximum absolute atomic E-state index is 11.1. The van der Waals surface area contributed by atoms with E-state index in [0.29, 0.717) is 12.2 Å². The van der Waals surface area contributed by atoms with Gasteiger partial charge in [0, 0.05) is 25.2 Å². The van der Waals surface area contributed by atoms with Crippen molar-refractivity contribution in [1.82, 2.24) is 4.90 Å². The summed E-state index contributed by atoms with van der Waals surface area (Å²) >= 11 is 0. The third-order valence-corrected chi connectivity index (χ3v) is 3.59. The zero-order chi connectivity index (χ0) is 15.2. The lowest BCUT2D eigenvalue weighted by atomic mass is 10.0. The Bertz CT molecular complexity index is 607. The summed E-state index contributed by atoms with van der Waals surface area (Å²) in [5.41, 5.74) is 0.700. The van der Waals surface area contributed by atoms with Crippen LogP contribution in [-0.2, 0) is 0 Å². The van der Waals surface area contributed by atoms with Crippen LogP contribution < -0.4 is 5.32 Å². The van der Waals surface area contributed by atoms with E-state index in [2.05, 4.69) is 16.1 Å². The molecule has 0 spiro atoms. The molecule has 1 fully saturated rings. The predicted octanol–water partition coefficient (Wildman–Crippen LogP) is 1.98. The summed E-state index contributed by atoms with van der Waals surface area (Å²) in [7, 11) is 0. The van der Waals surface area contributed by atoms with E-state index >= 15 is 0 Å². The Morgan fingerprint density at radius 1 is 1.48 bits per heavy atom. The van der Waals surface area contributed by atoms with Gasteiger partial charge in [0.25, 0.3) is 5.69 Å². The van der Waals surface area contributed by atoms with Gasteiger partial charge in [-0.15, -0.1) is 6.42 Å².